The Kier molecular flexibility index (Phi) is 1.73. The summed E-state index contributed by atoms with van der Waals surface area (Å²) in [6.45, 7) is 0. The standard InChI is InChI=1S/C9H10N4/c1-13-6-11-8-4-7(5-12-10)2-3-9(8)13/h2-6H,10H2,1H3. The minimum Gasteiger partial charge on any atom is -0.334 e. The Bertz CT molecular complexity index is 456. The summed E-state index contributed by atoms with van der Waals surface area (Å²) < 4.78 is 1.97. The smallest absolute Gasteiger partial charge is 0.0955 e. The van der Waals surface area contributed by atoms with Crippen LogP contribution in [0.4, 0.5) is 0 Å². The van der Waals surface area contributed by atoms with E-state index in [1.807, 2.05) is 29.8 Å². The van der Waals surface area contributed by atoms with Crippen LogP contribution in [-0.2, 0) is 7.05 Å². The number of hydrazone groups is 1. The molecule has 0 saturated heterocycles. The highest BCUT2D eigenvalue weighted by atomic mass is 15.1. The topological polar surface area (TPSA) is 56.2 Å². The normalized spacial score (nSPS) is 11.5. The van der Waals surface area contributed by atoms with Crippen LogP contribution in [0.2, 0.25) is 0 Å². The summed E-state index contributed by atoms with van der Waals surface area (Å²) >= 11 is 0. The van der Waals surface area contributed by atoms with Crippen molar-refractivity contribution in [2.24, 2.45) is 18.0 Å². The Hall–Kier alpha value is -1.84. The van der Waals surface area contributed by atoms with E-state index < -0.39 is 0 Å². The number of rotatable bonds is 1. The first-order valence-corrected chi connectivity index (χ1v) is 3.95. The second-order valence-electron chi connectivity index (χ2n) is 2.88. The van der Waals surface area contributed by atoms with Crippen LogP contribution >= 0.6 is 0 Å². The molecule has 4 nitrogen and oxygen atoms in total. The van der Waals surface area contributed by atoms with Crippen LogP contribution in [0.15, 0.2) is 29.6 Å². The van der Waals surface area contributed by atoms with Crippen molar-refractivity contribution in [3.05, 3.63) is 30.1 Å². The van der Waals surface area contributed by atoms with E-state index in [0.29, 0.717) is 0 Å². The Morgan fingerprint density at radius 3 is 3.15 bits per heavy atom. The number of nitrogens with two attached hydrogens (primary N) is 1. The number of benzene rings is 1. The predicted molar refractivity (Wildman–Crippen MR) is 52.5 cm³/mol. The van der Waals surface area contributed by atoms with E-state index >= 15 is 0 Å². The van der Waals surface area contributed by atoms with Crippen LogP contribution in [0.5, 0.6) is 0 Å². The molecule has 0 radical (unpaired) electrons. The van der Waals surface area contributed by atoms with Crippen molar-refractivity contribution in [3.63, 3.8) is 0 Å². The number of hydrogen-bond acceptors (Lipinski definition) is 3. The first-order chi connectivity index (χ1) is 6.31. The molecule has 2 aromatic rings. The van der Waals surface area contributed by atoms with E-state index in [0.717, 1.165) is 16.6 Å². The third-order valence-corrected chi connectivity index (χ3v) is 1.97. The monoisotopic (exact) mass is 174 g/mol. The van der Waals surface area contributed by atoms with Gasteiger partial charge in [-0.3, -0.25) is 0 Å². The fourth-order valence-electron chi connectivity index (χ4n) is 1.32. The predicted octanol–water partition coefficient (Wildman–Crippen LogP) is 0.866. The maximum Gasteiger partial charge on any atom is 0.0955 e. The average molecular weight is 174 g/mol. The lowest BCUT2D eigenvalue weighted by Crippen LogP contribution is -1.87. The van der Waals surface area contributed by atoms with Gasteiger partial charge < -0.3 is 10.4 Å². The minimum absolute atomic E-state index is 0.958. The number of aryl methyl sites for hydroxylation is 1. The van der Waals surface area contributed by atoms with Gasteiger partial charge in [-0.25, -0.2) is 4.98 Å². The highest BCUT2D eigenvalue weighted by molar-refractivity contribution is 5.86. The Morgan fingerprint density at radius 2 is 2.38 bits per heavy atom. The van der Waals surface area contributed by atoms with Crippen molar-refractivity contribution in [1.82, 2.24) is 9.55 Å². The molecule has 0 saturated carbocycles. The third-order valence-electron chi connectivity index (χ3n) is 1.97. The van der Waals surface area contributed by atoms with Gasteiger partial charge in [0.05, 0.1) is 23.6 Å². The molecule has 1 heterocycles. The molecule has 0 aliphatic rings. The summed E-state index contributed by atoms with van der Waals surface area (Å²) in [5, 5.41) is 3.46. The van der Waals surface area contributed by atoms with E-state index in [2.05, 4.69) is 10.1 Å². The molecule has 2 N–H and O–H groups in total. The Balaban J connectivity index is 2.63. The zero-order chi connectivity index (χ0) is 9.26. The van der Waals surface area contributed by atoms with Gasteiger partial charge in [-0.1, -0.05) is 6.07 Å². The van der Waals surface area contributed by atoms with Crippen LogP contribution in [0.1, 0.15) is 5.56 Å². The zero-order valence-electron chi connectivity index (χ0n) is 7.31. The fraction of sp³-hybridized carbons (Fsp3) is 0.111. The third kappa shape index (κ3) is 1.26. The molecular formula is C9H10N4. The lowest BCUT2D eigenvalue weighted by atomic mass is 10.2. The summed E-state index contributed by atoms with van der Waals surface area (Å²) in [4.78, 5) is 4.22. The molecule has 1 aromatic heterocycles. The summed E-state index contributed by atoms with van der Waals surface area (Å²) in [6.07, 6.45) is 3.39. The molecule has 66 valence electrons. The van der Waals surface area contributed by atoms with Crippen LogP contribution in [-0.4, -0.2) is 15.8 Å². The van der Waals surface area contributed by atoms with Crippen molar-refractivity contribution in [3.8, 4) is 0 Å². The molecule has 0 aliphatic carbocycles. The van der Waals surface area contributed by atoms with E-state index in [4.69, 9.17) is 5.84 Å². The number of hydrogen-bond donors (Lipinski definition) is 1. The van der Waals surface area contributed by atoms with Gasteiger partial charge in [0.15, 0.2) is 0 Å². The Labute approximate surface area is 75.7 Å². The van der Waals surface area contributed by atoms with Gasteiger partial charge in [0.25, 0.3) is 0 Å². The lowest BCUT2D eigenvalue weighted by molar-refractivity contribution is 0.947. The van der Waals surface area contributed by atoms with E-state index in [1.54, 1.807) is 12.5 Å². The quantitative estimate of drug-likeness (QED) is 0.396. The summed E-state index contributed by atoms with van der Waals surface area (Å²) in [5.74, 6) is 5.05. The van der Waals surface area contributed by atoms with Gasteiger partial charge in [0.1, 0.15) is 0 Å². The summed E-state index contributed by atoms with van der Waals surface area (Å²) in [5.41, 5.74) is 3.03. The van der Waals surface area contributed by atoms with Crippen LogP contribution in [0.3, 0.4) is 0 Å². The highest BCUT2D eigenvalue weighted by Gasteiger charge is 1.98. The summed E-state index contributed by atoms with van der Waals surface area (Å²) in [7, 11) is 1.96. The van der Waals surface area contributed by atoms with Crippen LogP contribution < -0.4 is 5.84 Å². The largest absolute Gasteiger partial charge is 0.334 e. The maximum atomic E-state index is 5.05. The van der Waals surface area contributed by atoms with Gasteiger partial charge in [-0.05, 0) is 17.7 Å². The fourth-order valence-corrected chi connectivity index (χ4v) is 1.32. The van der Waals surface area contributed by atoms with E-state index in [1.165, 1.54) is 0 Å². The van der Waals surface area contributed by atoms with Crippen molar-refractivity contribution < 1.29 is 0 Å². The molecular weight excluding hydrogens is 164 g/mol. The summed E-state index contributed by atoms with van der Waals surface area (Å²) in [6, 6.07) is 5.91. The number of nitrogens with zero attached hydrogens (tertiary/aromatic N) is 3. The maximum absolute atomic E-state index is 5.05. The molecule has 1 aromatic carbocycles. The molecule has 0 bridgehead atoms. The average Bonchev–Trinajstić information content (AvgIpc) is 2.48. The first-order valence-electron chi connectivity index (χ1n) is 3.95. The Morgan fingerprint density at radius 1 is 1.54 bits per heavy atom. The number of imidazole rings is 1. The molecule has 0 fully saturated rings. The highest BCUT2D eigenvalue weighted by Crippen LogP contribution is 2.12. The van der Waals surface area contributed by atoms with Gasteiger partial charge in [0, 0.05) is 7.05 Å². The van der Waals surface area contributed by atoms with Crippen molar-refractivity contribution in [2.45, 2.75) is 0 Å². The second-order valence-corrected chi connectivity index (χ2v) is 2.88. The minimum atomic E-state index is 0.958. The van der Waals surface area contributed by atoms with E-state index in [9.17, 15) is 0 Å². The number of aromatic nitrogens is 2. The SMILES string of the molecule is Cn1cnc2cc(C=NN)ccc21. The van der Waals surface area contributed by atoms with Gasteiger partial charge >= 0.3 is 0 Å². The van der Waals surface area contributed by atoms with E-state index in [-0.39, 0.29) is 0 Å². The van der Waals surface area contributed by atoms with Crippen molar-refractivity contribution >= 4 is 17.2 Å². The molecule has 13 heavy (non-hydrogen) atoms. The zero-order valence-corrected chi connectivity index (χ0v) is 7.31. The van der Waals surface area contributed by atoms with Crippen molar-refractivity contribution in [2.75, 3.05) is 0 Å². The molecule has 0 aliphatic heterocycles. The van der Waals surface area contributed by atoms with Gasteiger partial charge in [-0.15, -0.1) is 0 Å². The molecule has 2 rings (SSSR count). The van der Waals surface area contributed by atoms with Crippen molar-refractivity contribution in [1.29, 1.82) is 0 Å². The molecule has 0 amide bonds. The second kappa shape index (κ2) is 2.90. The molecule has 0 unspecified atom stereocenters. The molecule has 4 heteroatoms. The van der Waals surface area contributed by atoms with Gasteiger partial charge in [-0.2, -0.15) is 5.10 Å². The van der Waals surface area contributed by atoms with Crippen LogP contribution in [0.25, 0.3) is 11.0 Å². The van der Waals surface area contributed by atoms with Crippen LogP contribution in [0, 0.1) is 0 Å². The molecule has 0 spiro atoms. The lowest BCUT2D eigenvalue weighted by Gasteiger charge is -1.94. The number of fused-ring (bicyclic) bond motifs is 1. The first kappa shape index (κ1) is 7.79. The van der Waals surface area contributed by atoms with Gasteiger partial charge in [0.2, 0.25) is 0 Å². The molecule has 0 atom stereocenters.